The number of hydrogen-bond acceptors (Lipinski definition) is 4. The maximum Gasteiger partial charge on any atom is 0.223 e. The third-order valence-electron chi connectivity index (χ3n) is 4.40. The molecule has 22 heavy (non-hydrogen) atoms. The summed E-state index contributed by atoms with van der Waals surface area (Å²) in [6.45, 7) is 3.62. The monoisotopic (exact) mass is 304 g/mol. The third-order valence-corrected chi connectivity index (χ3v) is 4.40. The van der Waals surface area contributed by atoms with Crippen LogP contribution in [0.2, 0.25) is 0 Å². The molecule has 1 aliphatic heterocycles. The summed E-state index contributed by atoms with van der Waals surface area (Å²) < 4.78 is 5.61. The number of benzene rings is 1. The summed E-state index contributed by atoms with van der Waals surface area (Å²) >= 11 is 0. The van der Waals surface area contributed by atoms with E-state index in [4.69, 9.17) is 4.74 Å². The van der Waals surface area contributed by atoms with E-state index in [9.17, 15) is 9.90 Å². The van der Waals surface area contributed by atoms with Crippen molar-refractivity contribution in [3.63, 3.8) is 0 Å². The smallest absolute Gasteiger partial charge is 0.223 e. The van der Waals surface area contributed by atoms with Crippen molar-refractivity contribution in [3.8, 4) is 0 Å². The standard InChI is InChI=1S/C17H24N2O3/c1-11-2-4-12(5-3-11)8-18-14-10-22-15(16(14)20)9-19-17(21)13-6-7-13/h2-5,13-16,18,20H,6-10H2,1H3,(H,19,21). The molecule has 3 atom stereocenters. The number of aryl methyl sites for hydroxylation is 1. The van der Waals surface area contributed by atoms with E-state index >= 15 is 0 Å². The fraction of sp³-hybridized carbons (Fsp3) is 0.588. The average Bonchev–Trinajstić information content (AvgIpc) is 3.30. The van der Waals surface area contributed by atoms with Gasteiger partial charge >= 0.3 is 0 Å². The summed E-state index contributed by atoms with van der Waals surface area (Å²) in [7, 11) is 0. The second kappa shape index (κ2) is 6.77. The van der Waals surface area contributed by atoms with Crippen molar-refractivity contribution in [2.75, 3.05) is 13.2 Å². The van der Waals surface area contributed by atoms with E-state index in [1.807, 2.05) is 0 Å². The summed E-state index contributed by atoms with van der Waals surface area (Å²) in [5, 5.41) is 16.5. The van der Waals surface area contributed by atoms with Crippen LogP contribution in [0.4, 0.5) is 0 Å². The number of carbonyl (C=O) groups is 1. The molecule has 0 aromatic heterocycles. The minimum absolute atomic E-state index is 0.0897. The molecule has 5 heteroatoms. The lowest BCUT2D eigenvalue weighted by molar-refractivity contribution is -0.123. The van der Waals surface area contributed by atoms with Crippen LogP contribution >= 0.6 is 0 Å². The SMILES string of the molecule is Cc1ccc(CNC2COC(CNC(=O)C3CC3)C2O)cc1. The zero-order valence-electron chi connectivity index (χ0n) is 12.9. The molecule has 1 aliphatic carbocycles. The van der Waals surface area contributed by atoms with E-state index in [-0.39, 0.29) is 24.0 Å². The van der Waals surface area contributed by atoms with Gasteiger partial charge in [0.05, 0.1) is 18.8 Å². The molecule has 1 aromatic carbocycles. The van der Waals surface area contributed by atoms with E-state index in [1.165, 1.54) is 11.1 Å². The van der Waals surface area contributed by atoms with Gasteiger partial charge in [0, 0.05) is 19.0 Å². The van der Waals surface area contributed by atoms with E-state index in [0.29, 0.717) is 19.7 Å². The van der Waals surface area contributed by atoms with Gasteiger partial charge in [0.15, 0.2) is 0 Å². The minimum atomic E-state index is -0.593. The van der Waals surface area contributed by atoms with Gasteiger partial charge in [-0.1, -0.05) is 29.8 Å². The molecule has 1 amide bonds. The van der Waals surface area contributed by atoms with Crippen molar-refractivity contribution in [2.24, 2.45) is 5.92 Å². The van der Waals surface area contributed by atoms with Crippen LogP contribution in [0.15, 0.2) is 24.3 Å². The summed E-state index contributed by atoms with van der Waals surface area (Å²) in [6, 6.07) is 8.23. The van der Waals surface area contributed by atoms with Crippen molar-refractivity contribution in [3.05, 3.63) is 35.4 Å². The Bertz CT molecular complexity index is 513. The molecular weight excluding hydrogens is 280 g/mol. The second-order valence-corrected chi connectivity index (χ2v) is 6.35. The summed E-state index contributed by atoms with van der Waals surface area (Å²) in [6.07, 6.45) is 1.06. The first kappa shape index (κ1) is 15.5. The van der Waals surface area contributed by atoms with Crippen molar-refractivity contribution < 1.29 is 14.6 Å². The normalized spacial score (nSPS) is 27.8. The minimum Gasteiger partial charge on any atom is -0.389 e. The van der Waals surface area contributed by atoms with Crippen molar-refractivity contribution in [1.29, 1.82) is 0 Å². The highest BCUT2D eigenvalue weighted by Crippen LogP contribution is 2.28. The van der Waals surface area contributed by atoms with Gasteiger partial charge < -0.3 is 20.5 Å². The van der Waals surface area contributed by atoms with Gasteiger partial charge in [0.1, 0.15) is 6.10 Å². The number of aliphatic hydroxyl groups is 1. The van der Waals surface area contributed by atoms with E-state index < -0.39 is 6.10 Å². The largest absolute Gasteiger partial charge is 0.389 e. The van der Waals surface area contributed by atoms with Crippen molar-refractivity contribution in [1.82, 2.24) is 10.6 Å². The molecule has 1 saturated carbocycles. The van der Waals surface area contributed by atoms with E-state index in [2.05, 4.69) is 41.8 Å². The molecule has 3 rings (SSSR count). The number of aliphatic hydroxyl groups excluding tert-OH is 1. The average molecular weight is 304 g/mol. The summed E-state index contributed by atoms with van der Waals surface area (Å²) in [4.78, 5) is 11.6. The van der Waals surface area contributed by atoms with E-state index in [0.717, 1.165) is 12.8 Å². The molecule has 2 aliphatic rings. The maximum atomic E-state index is 11.6. The maximum absolute atomic E-state index is 11.6. The van der Waals surface area contributed by atoms with Crippen LogP contribution < -0.4 is 10.6 Å². The Morgan fingerprint density at radius 2 is 2.05 bits per heavy atom. The van der Waals surface area contributed by atoms with Crippen LogP contribution in [0.3, 0.4) is 0 Å². The van der Waals surface area contributed by atoms with Crippen LogP contribution in [0.5, 0.6) is 0 Å². The number of amides is 1. The zero-order valence-corrected chi connectivity index (χ0v) is 12.9. The first-order chi connectivity index (χ1) is 10.6. The molecule has 1 aromatic rings. The number of carbonyl (C=O) groups excluding carboxylic acids is 1. The Kier molecular flexibility index (Phi) is 4.76. The fourth-order valence-corrected chi connectivity index (χ4v) is 2.69. The van der Waals surface area contributed by atoms with Gasteiger partial charge in [-0.15, -0.1) is 0 Å². The Balaban J connectivity index is 1.43. The fourth-order valence-electron chi connectivity index (χ4n) is 2.69. The van der Waals surface area contributed by atoms with Gasteiger partial charge in [-0.25, -0.2) is 0 Å². The number of nitrogens with one attached hydrogen (secondary N) is 2. The number of ether oxygens (including phenoxy) is 1. The lowest BCUT2D eigenvalue weighted by Crippen LogP contribution is -2.44. The third kappa shape index (κ3) is 3.85. The van der Waals surface area contributed by atoms with Crippen LogP contribution in [-0.4, -0.2) is 42.4 Å². The van der Waals surface area contributed by atoms with Gasteiger partial charge in [-0.05, 0) is 25.3 Å². The number of rotatable bonds is 6. The van der Waals surface area contributed by atoms with Crippen LogP contribution in [-0.2, 0) is 16.1 Å². The van der Waals surface area contributed by atoms with Gasteiger partial charge in [-0.2, -0.15) is 0 Å². The second-order valence-electron chi connectivity index (χ2n) is 6.35. The van der Waals surface area contributed by atoms with Gasteiger partial charge in [0.25, 0.3) is 0 Å². The van der Waals surface area contributed by atoms with E-state index in [1.54, 1.807) is 0 Å². The molecular formula is C17H24N2O3. The molecule has 2 fully saturated rings. The topological polar surface area (TPSA) is 70.6 Å². The molecule has 3 unspecified atom stereocenters. The highest BCUT2D eigenvalue weighted by atomic mass is 16.5. The molecule has 120 valence electrons. The van der Waals surface area contributed by atoms with Crippen LogP contribution in [0.25, 0.3) is 0 Å². The van der Waals surface area contributed by atoms with Crippen LogP contribution in [0, 0.1) is 12.8 Å². The predicted molar refractivity (Wildman–Crippen MR) is 83.3 cm³/mol. The van der Waals surface area contributed by atoms with Gasteiger partial charge in [0.2, 0.25) is 5.91 Å². The Morgan fingerprint density at radius 1 is 1.32 bits per heavy atom. The quantitative estimate of drug-likeness (QED) is 0.725. The molecule has 1 heterocycles. The molecule has 5 nitrogen and oxygen atoms in total. The Hall–Kier alpha value is -1.43. The van der Waals surface area contributed by atoms with Crippen molar-refractivity contribution >= 4 is 5.91 Å². The summed E-state index contributed by atoms with van der Waals surface area (Å²) in [5.74, 6) is 0.279. The Morgan fingerprint density at radius 3 is 2.73 bits per heavy atom. The highest BCUT2D eigenvalue weighted by Gasteiger charge is 2.37. The molecule has 0 radical (unpaired) electrons. The molecule has 3 N–H and O–H groups in total. The number of hydrogen-bond donors (Lipinski definition) is 3. The predicted octanol–water partition coefficient (Wildman–Crippen LogP) is 0.739. The lowest BCUT2D eigenvalue weighted by Gasteiger charge is -2.19. The first-order valence-corrected chi connectivity index (χ1v) is 8.00. The highest BCUT2D eigenvalue weighted by molar-refractivity contribution is 5.80. The molecule has 0 bridgehead atoms. The first-order valence-electron chi connectivity index (χ1n) is 8.00. The molecule has 0 spiro atoms. The van der Waals surface area contributed by atoms with Gasteiger partial charge in [-0.3, -0.25) is 4.79 Å². The lowest BCUT2D eigenvalue weighted by atomic mass is 10.1. The van der Waals surface area contributed by atoms with Crippen LogP contribution in [0.1, 0.15) is 24.0 Å². The van der Waals surface area contributed by atoms with Crippen molar-refractivity contribution in [2.45, 2.75) is 44.6 Å². The Labute approximate surface area is 131 Å². The summed E-state index contributed by atoms with van der Waals surface area (Å²) in [5.41, 5.74) is 2.42. The zero-order chi connectivity index (χ0) is 15.5. The molecule has 1 saturated heterocycles.